The van der Waals surface area contributed by atoms with E-state index in [1.165, 1.54) is 0 Å². The van der Waals surface area contributed by atoms with Gasteiger partial charge in [-0.15, -0.1) is 0 Å². The van der Waals surface area contributed by atoms with Crippen LogP contribution in [0.25, 0.3) is 0 Å². The number of rotatable bonds is 14. The van der Waals surface area contributed by atoms with Gasteiger partial charge in [-0.2, -0.15) is 0 Å². The number of hydrogen-bond donors (Lipinski definition) is 0. The van der Waals surface area contributed by atoms with Crippen LogP contribution < -0.4 is 0 Å². The predicted octanol–water partition coefficient (Wildman–Crippen LogP) is 6.02. The Morgan fingerprint density at radius 1 is 0.520 bits per heavy atom. The first-order valence-electron chi connectivity index (χ1n) is 9.13. The molecule has 0 aliphatic heterocycles. The van der Waals surface area contributed by atoms with Crippen LogP contribution in [0.5, 0.6) is 0 Å². The van der Waals surface area contributed by atoms with E-state index >= 15 is 0 Å². The van der Waals surface area contributed by atoms with Crippen LogP contribution in [0, 0.1) is 23.7 Å². The molecule has 0 atom stereocenters. The van der Waals surface area contributed by atoms with Gasteiger partial charge >= 0.3 is 15.2 Å². The fraction of sp³-hybridized carbons (Fsp3) is 1.00. The molecule has 0 aromatic carbocycles. The smallest absolute Gasteiger partial charge is 0.308 e. The fourth-order valence-corrected chi connectivity index (χ4v) is 6.75. The van der Waals surface area contributed by atoms with Gasteiger partial charge in [0.25, 0.3) is 0 Å². The molecule has 6 nitrogen and oxygen atoms in total. The fourth-order valence-electron chi connectivity index (χ4n) is 1.50. The Morgan fingerprint density at radius 3 is 0.880 bits per heavy atom. The Morgan fingerprint density at radius 2 is 0.720 bits per heavy atom. The van der Waals surface area contributed by atoms with Gasteiger partial charge in [0.05, 0.1) is 26.4 Å². The molecule has 0 N–H and O–H groups in total. The zero-order chi connectivity index (χ0) is 19.7. The minimum atomic E-state index is -3.58. The van der Waals surface area contributed by atoms with Gasteiger partial charge < -0.3 is 18.1 Å². The Bertz CT molecular complexity index is 376. The summed E-state index contributed by atoms with van der Waals surface area (Å²) < 4.78 is 48.5. The maximum atomic E-state index is 13.2. The van der Waals surface area contributed by atoms with E-state index in [4.69, 9.17) is 18.1 Å². The van der Waals surface area contributed by atoms with Crippen molar-refractivity contribution >= 4 is 15.2 Å². The molecule has 152 valence electrons. The van der Waals surface area contributed by atoms with Gasteiger partial charge in [0.1, 0.15) is 0 Å². The molecule has 0 amide bonds. The standard InChI is InChI=1S/C17H38O6P2/c1-14(2)9-20-24(18,21-10-15(3)4)13-25(19,22-11-16(5)6)23-12-17(7)8/h14-17H,9-13H2,1-8H3. The van der Waals surface area contributed by atoms with Gasteiger partial charge in [-0.1, -0.05) is 55.4 Å². The van der Waals surface area contributed by atoms with Crippen LogP contribution in [0.1, 0.15) is 55.4 Å². The van der Waals surface area contributed by atoms with E-state index in [1.807, 2.05) is 55.4 Å². The Hall–Kier alpha value is 0.300. The summed E-state index contributed by atoms with van der Waals surface area (Å²) in [6.45, 7) is 16.7. The molecule has 25 heavy (non-hydrogen) atoms. The third-order valence-electron chi connectivity index (χ3n) is 2.76. The van der Waals surface area contributed by atoms with Crippen LogP contribution in [0.15, 0.2) is 0 Å². The minimum absolute atomic E-state index is 0.184. The molecule has 0 rings (SSSR count). The van der Waals surface area contributed by atoms with Gasteiger partial charge in [-0.25, -0.2) is 0 Å². The Balaban J connectivity index is 5.24. The van der Waals surface area contributed by atoms with Crippen LogP contribution in [0.4, 0.5) is 0 Å². The van der Waals surface area contributed by atoms with Crippen molar-refractivity contribution in [1.29, 1.82) is 0 Å². The molecule has 0 aromatic heterocycles. The molecule has 0 saturated heterocycles. The molecule has 0 bridgehead atoms. The molecule has 0 unspecified atom stereocenters. The quantitative estimate of drug-likeness (QED) is 0.332. The van der Waals surface area contributed by atoms with Gasteiger partial charge in [0.2, 0.25) is 0 Å². The predicted molar refractivity (Wildman–Crippen MR) is 103 cm³/mol. The van der Waals surface area contributed by atoms with Crippen LogP contribution in [-0.2, 0) is 27.2 Å². The highest BCUT2D eigenvalue weighted by atomic mass is 31.2. The topological polar surface area (TPSA) is 71.1 Å². The summed E-state index contributed by atoms with van der Waals surface area (Å²) in [6, 6.07) is 0. The van der Waals surface area contributed by atoms with E-state index in [0.717, 1.165) is 0 Å². The third kappa shape index (κ3) is 13.2. The Labute approximate surface area is 154 Å². The van der Waals surface area contributed by atoms with Crippen molar-refractivity contribution in [3.8, 4) is 0 Å². The summed E-state index contributed by atoms with van der Waals surface area (Å²) in [5.41, 5.74) is 0. The summed E-state index contributed by atoms with van der Waals surface area (Å²) in [7, 11) is -7.16. The highest BCUT2D eigenvalue weighted by Crippen LogP contribution is 2.64. The van der Waals surface area contributed by atoms with Crippen LogP contribution in [0.3, 0.4) is 0 Å². The summed E-state index contributed by atoms with van der Waals surface area (Å²) in [5.74, 6) is 0.387. The molecular weight excluding hydrogens is 362 g/mol. The monoisotopic (exact) mass is 400 g/mol. The van der Waals surface area contributed by atoms with Gasteiger partial charge in [0.15, 0.2) is 5.90 Å². The van der Waals surface area contributed by atoms with E-state index in [0.29, 0.717) is 0 Å². The van der Waals surface area contributed by atoms with Gasteiger partial charge in [-0.05, 0) is 23.7 Å². The molecular formula is C17H38O6P2. The normalized spacial score (nSPS) is 13.6. The van der Waals surface area contributed by atoms with Crippen LogP contribution in [0.2, 0.25) is 0 Å². The summed E-state index contributed by atoms with van der Waals surface area (Å²) in [5, 5.41) is 0. The average molecular weight is 400 g/mol. The highest BCUT2D eigenvalue weighted by Gasteiger charge is 2.39. The average Bonchev–Trinajstić information content (AvgIpc) is 2.48. The first-order valence-corrected chi connectivity index (χ1v) is 12.6. The second-order valence-corrected chi connectivity index (χ2v) is 12.7. The largest absolute Gasteiger partial charge is 0.342 e. The zero-order valence-corrected chi connectivity index (χ0v) is 19.0. The van der Waals surface area contributed by atoms with Crippen molar-refractivity contribution in [3.63, 3.8) is 0 Å². The van der Waals surface area contributed by atoms with Crippen LogP contribution >= 0.6 is 15.2 Å². The molecule has 0 saturated carbocycles. The van der Waals surface area contributed by atoms with E-state index < -0.39 is 15.2 Å². The van der Waals surface area contributed by atoms with Crippen molar-refractivity contribution < 1.29 is 27.2 Å². The summed E-state index contributed by atoms with van der Waals surface area (Å²) >= 11 is 0. The van der Waals surface area contributed by atoms with Crippen molar-refractivity contribution in [2.45, 2.75) is 55.4 Å². The maximum absolute atomic E-state index is 13.2. The van der Waals surface area contributed by atoms with E-state index in [-0.39, 0.29) is 56.0 Å². The Kier molecular flexibility index (Phi) is 12.0. The minimum Gasteiger partial charge on any atom is -0.308 e. The molecule has 8 heteroatoms. The second-order valence-electron chi connectivity index (χ2n) is 8.12. The zero-order valence-electron chi connectivity index (χ0n) is 17.2. The van der Waals surface area contributed by atoms with Gasteiger partial charge in [0, 0.05) is 0 Å². The lowest BCUT2D eigenvalue weighted by atomic mass is 10.2. The second kappa shape index (κ2) is 11.9. The highest BCUT2D eigenvalue weighted by molar-refractivity contribution is 7.71. The molecule has 0 fully saturated rings. The molecule has 0 aliphatic rings. The third-order valence-corrected chi connectivity index (χ3v) is 7.71. The molecule has 0 heterocycles. The van der Waals surface area contributed by atoms with Crippen molar-refractivity contribution in [1.82, 2.24) is 0 Å². The van der Waals surface area contributed by atoms with Gasteiger partial charge in [-0.3, -0.25) is 9.13 Å². The maximum Gasteiger partial charge on any atom is 0.342 e. The molecule has 0 aliphatic carbocycles. The SMILES string of the molecule is CC(C)COP(=O)(CP(=O)(OCC(C)C)OCC(C)C)OCC(C)C. The molecule has 0 spiro atoms. The summed E-state index contributed by atoms with van der Waals surface area (Å²) in [4.78, 5) is 0. The lowest BCUT2D eigenvalue weighted by Crippen LogP contribution is -2.13. The molecule has 0 aromatic rings. The lowest BCUT2D eigenvalue weighted by Gasteiger charge is -2.26. The van der Waals surface area contributed by atoms with Crippen LogP contribution in [-0.4, -0.2) is 32.3 Å². The summed E-state index contributed by atoms with van der Waals surface area (Å²) in [6.07, 6.45) is 0. The first-order chi connectivity index (χ1) is 11.4. The van der Waals surface area contributed by atoms with Crippen molar-refractivity contribution in [2.75, 3.05) is 32.3 Å². The number of hydrogen-bond acceptors (Lipinski definition) is 6. The lowest BCUT2D eigenvalue weighted by molar-refractivity contribution is 0.161. The van der Waals surface area contributed by atoms with E-state index in [1.54, 1.807) is 0 Å². The van der Waals surface area contributed by atoms with Crippen molar-refractivity contribution in [2.24, 2.45) is 23.7 Å². The van der Waals surface area contributed by atoms with E-state index in [9.17, 15) is 9.13 Å². The van der Waals surface area contributed by atoms with E-state index in [2.05, 4.69) is 0 Å². The van der Waals surface area contributed by atoms with Crippen molar-refractivity contribution in [3.05, 3.63) is 0 Å². The molecule has 0 radical (unpaired) electrons. The first kappa shape index (κ1) is 25.3.